The van der Waals surface area contributed by atoms with Crippen molar-refractivity contribution in [2.24, 2.45) is 47.3 Å². The van der Waals surface area contributed by atoms with Crippen LogP contribution in [0.4, 0.5) is 9.59 Å². The smallest absolute Gasteiger partial charge is 0.410 e. The van der Waals surface area contributed by atoms with Gasteiger partial charge in [-0.1, -0.05) is 55.1 Å². The van der Waals surface area contributed by atoms with E-state index in [9.17, 15) is 19.2 Å². The van der Waals surface area contributed by atoms with E-state index in [1.165, 1.54) is 94.6 Å². The van der Waals surface area contributed by atoms with Crippen molar-refractivity contribution in [1.82, 2.24) is 14.7 Å². The Labute approximate surface area is 417 Å². The molecule has 11 nitrogen and oxygen atoms in total. The van der Waals surface area contributed by atoms with Gasteiger partial charge in [-0.25, -0.2) is 14.4 Å². The molecular weight excluding hydrogens is 879 g/mol. The quantitative estimate of drug-likeness (QED) is 0.145. The van der Waals surface area contributed by atoms with Gasteiger partial charge in [0.05, 0.1) is 19.6 Å². The van der Waals surface area contributed by atoms with Gasteiger partial charge in [0.1, 0.15) is 12.2 Å². The topological polar surface area (TPSA) is 115 Å². The number of nitrogens with zero attached hydrogens (tertiary/aromatic N) is 3. The third-order valence-electron chi connectivity index (χ3n) is 19.3. The van der Waals surface area contributed by atoms with Gasteiger partial charge in [-0.05, 0) is 198 Å². The van der Waals surface area contributed by atoms with Gasteiger partial charge in [0.25, 0.3) is 0 Å². The first-order valence-electron chi connectivity index (χ1n) is 27.8. The molecule has 0 N–H and O–H groups in total. The molecule has 3 aliphatic heterocycles. The summed E-state index contributed by atoms with van der Waals surface area (Å²) >= 11 is 0. The zero-order valence-electron chi connectivity index (χ0n) is 42.4. The first-order valence-corrected chi connectivity index (χ1v) is 27.8. The Hall–Kier alpha value is -4.38. The van der Waals surface area contributed by atoms with Crippen molar-refractivity contribution in [2.45, 2.75) is 159 Å². The number of carbonyl (C=O) groups excluding carboxylic acids is 4. The summed E-state index contributed by atoms with van der Waals surface area (Å²) in [4.78, 5) is 54.7. The molecule has 11 heteroatoms. The molecule has 12 aliphatic rings. The van der Waals surface area contributed by atoms with E-state index in [1.807, 2.05) is 16.7 Å². The summed E-state index contributed by atoms with van der Waals surface area (Å²) in [6, 6.07) is 17.8. The first kappa shape index (κ1) is 49.2. The number of fused-ring (bicyclic) bond motifs is 4. The normalized spacial score (nSPS) is 32.3. The van der Waals surface area contributed by atoms with Gasteiger partial charge in [0.2, 0.25) is 0 Å². The molecule has 0 radical (unpaired) electrons. The maximum Gasteiger partial charge on any atom is 0.410 e. The minimum Gasteiger partial charge on any atom is -0.466 e. The van der Waals surface area contributed by atoms with Crippen LogP contribution in [0.5, 0.6) is 0 Å². The van der Waals surface area contributed by atoms with Crippen LogP contribution in [-0.4, -0.2) is 104 Å². The molecule has 2 amide bonds. The summed E-state index contributed by atoms with van der Waals surface area (Å²) in [6.45, 7) is 13.4. The first-order chi connectivity index (χ1) is 34.0. The largest absolute Gasteiger partial charge is 0.466 e. The maximum atomic E-state index is 13.3. The molecule has 8 bridgehead atoms. The predicted molar refractivity (Wildman–Crippen MR) is 269 cm³/mol. The van der Waals surface area contributed by atoms with Crippen molar-refractivity contribution in [2.75, 3.05) is 52.5 Å². The predicted octanol–water partition coefficient (Wildman–Crippen LogP) is 10.8. The average molecular weight is 960 g/mol. The van der Waals surface area contributed by atoms with Crippen LogP contribution in [0, 0.1) is 47.3 Å². The Kier molecular flexibility index (Phi) is 15.0. The fraction of sp³-hybridized carbons (Fsp3) is 0.695. The van der Waals surface area contributed by atoms with Gasteiger partial charge >= 0.3 is 24.1 Å². The summed E-state index contributed by atoms with van der Waals surface area (Å²) < 4.78 is 22.0. The lowest BCUT2D eigenvalue weighted by Crippen LogP contribution is -2.55. The van der Waals surface area contributed by atoms with Crippen molar-refractivity contribution in [3.63, 3.8) is 0 Å². The SMILES string of the molecule is C=CC(=O)OCC.CCOC(=O)CCN1Cc2ccccc2C2(CCN(C(=O)OC3C4CC5CC(C4)CC3C5)CC2)C1.O=C(OC1C2CC3CC(C2)CC1C3)N1CCC2(CCCc3ccccc32)CC1. The number of likely N-dealkylation sites (tertiary alicyclic amines) is 2. The second-order valence-corrected chi connectivity index (χ2v) is 23.5. The van der Waals surface area contributed by atoms with Gasteiger partial charge in [-0.2, -0.15) is 0 Å². The molecule has 0 aromatic heterocycles. The van der Waals surface area contributed by atoms with Crippen LogP contribution in [0.25, 0.3) is 0 Å². The van der Waals surface area contributed by atoms with Crippen LogP contribution in [-0.2, 0) is 52.3 Å². The standard InChI is InChI=1S/C29H40N2O4.C25H33NO2.C5H8O2/c1-2-34-26(32)7-10-30-18-22-5-3-4-6-25(22)29(19-30)8-11-31(12-9-29)28(33)35-27-23-14-20-13-21(16-23)17-24(27)15-20;27-24(28-23-20-13-17-12-18(15-20)16-21(23)14-17)26-10-8-25(9-11-26)7-3-5-19-4-1-2-6-22(19)25;1-3-5(6)7-4-2/h3-6,20-21,23-24,27H,2,7-19H2,1H3;1-2,4,6,17-18,20-21,23H,3,5,7-16H2;3H,1,4H2,2H3. The second-order valence-electron chi connectivity index (χ2n) is 23.5. The number of carbonyl (C=O) groups is 4. The second kappa shape index (κ2) is 21.4. The van der Waals surface area contributed by atoms with Crippen molar-refractivity contribution in [1.29, 1.82) is 0 Å². The molecule has 2 spiro atoms. The molecule has 0 unspecified atom stereocenters. The molecule has 3 heterocycles. The van der Waals surface area contributed by atoms with E-state index in [-0.39, 0.29) is 41.7 Å². The fourth-order valence-corrected chi connectivity index (χ4v) is 16.5. The van der Waals surface area contributed by atoms with Crippen molar-refractivity contribution < 1.29 is 38.1 Å². The summed E-state index contributed by atoms with van der Waals surface area (Å²) in [5.41, 5.74) is 6.22. The molecule has 70 heavy (non-hydrogen) atoms. The van der Waals surface area contributed by atoms with E-state index in [4.69, 9.17) is 14.2 Å². The molecule has 9 aliphatic carbocycles. The number of hydrogen-bond donors (Lipinski definition) is 0. The van der Waals surface area contributed by atoms with Gasteiger partial charge in [0, 0.05) is 57.3 Å². The van der Waals surface area contributed by atoms with Gasteiger partial charge in [-0.3, -0.25) is 9.69 Å². The van der Waals surface area contributed by atoms with Gasteiger partial charge in [-0.15, -0.1) is 0 Å². The Balaban J connectivity index is 0.000000145. The Bertz CT molecular complexity index is 2140. The van der Waals surface area contributed by atoms with E-state index >= 15 is 0 Å². The molecule has 10 fully saturated rings. The maximum absolute atomic E-state index is 13.3. The number of piperidine rings is 2. The lowest BCUT2D eigenvalue weighted by molar-refractivity contribution is -0.143. The van der Waals surface area contributed by atoms with E-state index in [1.54, 1.807) is 18.1 Å². The van der Waals surface area contributed by atoms with Gasteiger partial charge < -0.3 is 28.7 Å². The molecule has 0 atom stereocenters. The molecule has 2 aromatic carbocycles. The summed E-state index contributed by atoms with van der Waals surface area (Å²) in [6.07, 6.45) is 22.9. The van der Waals surface area contributed by atoms with Crippen LogP contribution in [0.3, 0.4) is 0 Å². The van der Waals surface area contributed by atoms with E-state index in [0.29, 0.717) is 55.3 Å². The Morgan fingerprint density at radius 2 is 1.06 bits per heavy atom. The zero-order valence-corrected chi connectivity index (χ0v) is 42.4. The lowest BCUT2D eigenvalue weighted by Gasteiger charge is -2.54. The molecule has 14 rings (SSSR count). The highest BCUT2D eigenvalue weighted by molar-refractivity contribution is 5.81. The highest BCUT2D eigenvalue weighted by Gasteiger charge is 2.52. The van der Waals surface area contributed by atoms with Crippen molar-refractivity contribution in [3.8, 4) is 0 Å². The highest BCUT2D eigenvalue weighted by Crippen LogP contribution is 2.56. The van der Waals surface area contributed by atoms with Crippen LogP contribution in [0.2, 0.25) is 0 Å². The number of rotatable bonds is 8. The summed E-state index contributed by atoms with van der Waals surface area (Å²) in [5.74, 6) is 5.67. The van der Waals surface area contributed by atoms with Crippen LogP contribution in [0.1, 0.15) is 145 Å². The van der Waals surface area contributed by atoms with Crippen LogP contribution >= 0.6 is 0 Å². The summed E-state index contributed by atoms with van der Waals surface area (Å²) in [7, 11) is 0. The zero-order chi connectivity index (χ0) is 48.4. The number of ether oxygens (including phenoxy) is 4. The minimum atomic E-state index is -0.359. The third-order valence-corrected chi connectivity index (χ3v) is 19.3. The highest BCUT2D eigenvalue weighted by atomic mass is 16.6. The number of hydrogen-bond acceptors (Lipinski definition) is 9. The molecule has 8 saturated carbocycles. The number of esters is 2. The number of amides is 2. The molecule has 380 valence electrons. The van der Waals surface area contributed by atoms with Crippen molar-refractivity contribution in [3.05, 3.63) is 83.4 Å². The number of benzene rings is 2. The molecular formula is C59H81N3O8. The summed E-state index contributed by atoms with van der Waals surface area (Å²) in [5, 5.41) is 0. The monoisotopic (exact) mass is 960 g/mol. The minimum absolute atomic E-state index is 0.0172. The Morgan fingerprint density at radius 1 is 0.600 bits per heavy atom. The van der Waals surface area contributed by atoms with E-state index < -0.39 is 0 Å². The van der Waals surface area contributed by atoms with Crippen LogP contribution in [0.15, 0.2) is 61.2 Å². The lowest BCUT2D eigenvalue weighted by atomic mass is 9.55. The van der Waals surface area contributed by atoms with E-state index in [2.05, 4.69) is 64.7 Å². The van der Waals surface area contributed by atoms with Crippen LogP contribution < -0.4 is 0 Å². The number of aryl methyl sites for hydroxylation is 1. The fourth-order valence-electron chi connectivity index (χ4n) is 16.5. The molecule has 2 saturated heterocycles. The average Bonchev–Trinajstić information content (AvgIpc) is 3.36. The van der Waals surface area contributed by atoms with Crippen molar-refractivity contribution >= 4 is 24.1 Å². The van der Waals surface area contributed by atoms with Gasteiger partial charge in [0.15, 0.2) is 0 Å². The Morgan fingerprint density at radius 3 is 1.53 bits per heavy atom. The third kappa shape index (κ3) is 10.4. The molecule has 2 aromatic rings. The van der Waals surface area contributed by atoms with E-state index in [0.717, 1.165) is 94.7 Å².